The molecule has 0 spiro atoms. The Hall–Kier alpha value is -0.530. The first-order chi connectivity index (χ1) is 5.54. The van der Waals surface area contributed by atoms with Crippen LogP contribution < -0.4 is 5.73 Å². The molecule has 0 bridgehead atoms. The van der Waals surface area contributed by atoms with Gasteiger partial charge in [-0.25, -0.2) is 0 Å². The predicted molar refractivity (Wildman–Crippen MR) is 39.2 cm³/mol. The molecule has 0 heterocycles. The van der Waals surface area contributed by atoms with E-state index in [1.807, 2.05) is 0 Å². The summed E-state index contributed by atoms with van der Waals surface area (Å²) in [6.07, 6.45) is -4.79. The number of hydrogen-bond donors (Lipinski definition) is 5. The molecule has 0 aromatic carbocycles. The zero-order valence-corrected chi connectivity index (χ0v) is 6.42. The minimum atomic E-state index is -1.78. The molecule has 0 fully saturated rings. The van der Waals surface area contributed by atoms with Crippen molar-refractivity contribution in [3.05, 3.63) is 0 Å². The lowest BCUT2D eigenvalue weighted by molar-refractivity contribution is -0.140. The summed E-state index contributed by atoms with van der Waals surface area (Å²) in [4.78, 5) is 10.6. The smallest absolute Gasteiger partial charge is 0.189 e. The third kappa shape index (κ3) is 2.84. The first kappa shape index (κ1) is 11.5. The summed E-state index contributed by atoms with van der Waals surface area (Å²) in [6.45, 7) is -1.15. The van der Waals surface area contributed by atoms with Crippen molar-refractivity contribution >= 4 is 5.78 Å². The standard InChI is InChI=1S/C6H13NO5/c7-1-3(9)5(11)6(12)4(10)2-8/h3,5-6,8-9,11-12H,1-2,7H2/t3-,5?,6+/m0/s1. The van der Waals surface area contributed by atoms with Crippen LogP contribution >= 0.6 is 0 Å². The average molecular weight is 179 g/mol. The Balaban J connectivity index is 4.08. The zero-order valence-electron chi connectivity index (χ0n) is 6.42. The van der Waals surface area contributed by atoms with Crippen molar-refractivity contribution < 1.29 is 25.2 Å². The van der Waals surface area contributed by atoms with Gasteiger partial charge in [-0.1, -0.05) is 0 Å². The Morgan fingerprint density at radius 2 is 1.83 bits per heavy atom. The third-order valence-corrected chi connectivity index (χ3v) is 1.44. The van der Waals surface area contributed by atoms with Gasteiger partial charge in [0.1, 0.15) is 18.8 Å². The fraction of sp³-hybridized carbons (Fsp3) is 0.833. The maximum atomic E-state index is 10.6. The highest BCUT2D eigenvalue weighted by molar-refractivity contribution is 5.84. The molecule has 6 heteroatoms. The highest BCUT2D eigenvalue weighted by Gasteiger charge is 2.28. The van der Waals surface area contributed by atoms with Crippen molar-refractivity contribution in [2.24, 2.45) is 5.73 Å². The molecule has 1 unspecified atom stereocenters. The summed E-state index contributed by atoms with van der Waals surface area (Å²) < 4.78 is 0. The van der Waals surface area contributed by atoms with Crippen LogP contribution in [-0.4, -0.2) is 57.7 Å². The molecule has 72 valence electrons. The normalized spacial score (nSPS) is 18.4. The summed E-state index contributed by atoms with van der Waals surface area (Å²) in [5, 5.41) is 35.0. The van der Waals surface area contributed by atoms with E-state index in [-0.39, 0.29) is 6.54 Å². The van der Waals surface area contributed by atoms with Crippen molar-refractivity contribution in [2.45, 2.75) is 18.3 Å². The van der Waals surface area contributed by atoms with Crippen LogP contribution in [0.15, 0.2) is 0 Å². The molecule has 3 atom stereocenters. The van der Waals surface area contributed by atoms with Crippen molar-refractivity contribution in [3.8, 4) is 0 Å². The molecule has 6 N–H and O–H groups in total. The monoisotopic (exact) mass is 179 g/mol. The van der Waals surface area contributed by atoms with Crippen LogP contribution in [0.4, 0.5) is 0 Å². The first-order valence-electron chi connectivity index (χ1n) is 3.42. The number of carbonyl (C=O) groups excluding carboxylic acids is 1. The van der Waals surface area contributed by atoms with Gasteiger partial charge in [0, 0.05) is 6.54 Å². The van der Waals surface area contributed by atoms with E-state index in [9.17, 15) is 4.79 Å². The minimum Gasteiger partial charge on any atom is -0.389 e. The second-order valence-electron chi connectivity index (χ2n) is 2.36. The van der Waals surface area contributed by atoms with Crippen LogP contribution in [0, 0.1) is 0 Å². The molecule has 6 nitrogen and oxygen atoms in total. The van der Waals surface area contributed by atoms with Crippen LogP contribution in [0.1, 0.15) is 0 Å². The van der Waals surface area contributed by atoms with E-state index in [2.05, 4.69) is 0 Å². The molecular weight excluding hydrogens is 166 g/mol. The fourth-order valence-corrected chi connectivity index (χ4v) is 0.634. The molecule has 12 heavy (non-hydrogen) atoms. The lowest BCUT2D eigenvalue weighted by Gasteiger charge is -2.19. The topological polar surface area (TPSA) is 124 Å². The van der Waals surface area contributed by atoms with Crippen LogP contribution in [0.2, 0.25) is 0 Å². The van der Waals surface area contributed by atoms with Crippen LogP contribution in [0.3, 0.4) is 0 Å². The van der Waals surface area contributed by atoms with Gasteiger partial charge in [0.25, 0.3) is 0 Å². The SMILES string of the molecule is NC[C@H](O)C(O)[C@H](O)C(=O)CO. The van der Waals surface area contributed by atoms with E-state index >= 15 is 0 Å². The van der Waals surface area contributed by atoms with E-state index in [4.69, 9.17) is 26.2 Å². The van der Waals surface area contributed by atoms with Gasteiger partial charge in [-0.3, -0.25) is 4.79 Å². The molecule has 0 aromatic heterocycles. The molecule has 0 aliphatic heterocycles. The quantitative estimate of drug-likeness (QED) is 0.299. The van der Waals surface area contributed by atoms with E-state index in [1.165, 1.54) is 0 Å². The lowest BCUT2D eigenvalue weighted by Crippen LogP contribution is -2.46. The van der Waals surface area contributed by atoms with Gasteiger partial charge < -0.3 is 26.2 Å². The van der Waals surface area contributed by atoms with Crippen molar-refractivity contribution in [2.75, 3.05) is 13.2 Å². The summed E-state index contributed by atoms with van der Waals surface area (Å²) in [6, 6.07) is 0. The highest BCUT2D eigenvalue weighted by atomic mass is 16.4. The van der Waals surface area contributed by atoms with Crippen LogP contribution in [0.5, 0.6) is 0 Å². The summed E-state index contributed by atoms with van der Waals surface area (Å²) >= 11 is 0. The third-order valence-electron chi connectivity index (χ3n) is 1.44. The van der Waals surface area contributed by atoms with Crippen molar-refractivity contribution in [3.63, 3.8) is 0 Å². The first-order valence-corrected chi connectivity index (χ1v) is 3.42. The second kappa shape index (κ2) is 5.18. The van der Waals surface area contributed by atoms with Crippen LogP contribution in [0.25, 0.3) is 0 Å². The molecule has 0 saturated heterocycles. The summed E-state index contributed by atoms with van der Waals surface area (Å²) in [7, 11) is 0. The number of rotatable bonds is 5. The van der Waals surface area contributed by atoms with Crippen molar-refractivity contribution in [1.29, 1.82) is 0 Å². The Labute approximate surface area is 69.2 Å². The average Bonchev–Trinajstić information content (AvgIpc) is 2.12. The number of Topliss-reactive ketones (excluding diaryl/α,β-unsaturated/α-hetero) is 1. The van der Waals surface area contributed by atoms with Crippen LogP contribution in [-0.2, 0) is 4.79 Å². The highest BCUT2D eigenvalue weighted by Crippen LogP contribution is 1.99. The van der Waals surface area contributed by atoms with E-state index in [0.717, 1.165) is 0 Å². The van der Waals surface area contributed by atoms with Gasteiger partial charge in [0.2, 0.25) is 0 Å². The van der Waals surface area contributed by atoms with Crippen molar-refractivity contribution in [1.82, 2.24) is 0 Å². The number of carbonyl (C=O) groups is 1. The van der Waals surface area contributed by atoms with Gasteiger partial charge in [0.05, 0.1) is 6.10 Å². The molecule has 0 aliphatic carbocycles. The second-order valence-corrected chi connectivity index (χ2v) is 2.36. The van der Waals surface area contributed by atoms with Gasteiger partial charge in [-0.2, -0.15) is 0 Å². The Bertz CT molecular complexity index is 151. The Morgan fingerprint density at radius 3 is 2.17 bits per heavy atom. The molecule has 0 aromatic rings. The largest absolute Gasteiger partial charge is 0.389 e. The van der Waals surface area contributed by atoms with E-state index in [1.54, 1.807) is 0 Å². The summed E-state index contributed by atoms with van der Waals surface area (Å²) in [5.41, 5.74) is 4.96. The molecule has 0 aliphatic rings. The van der Waals surface area contributed by atoms with Gasteiger partial charge in [-0.15, -0.1) is 0 Å². The zero-order chi connectivity index (χ0) is 9.72. The van der Waals surface area contributed by atoms with Gasteiger partial charge in [0.15, 0.2) is 5.78 Å². The Morgan fingerprint density at radius 1 is 1.33 bits per heavy atom. The number of aliphatic hydroxyl groups excluding tert-OH is 4. The Kier molecular flexibility index (Phi) is 4.95. The fourth-order valence-electron chi connectivity index (χ4n) is 0.634. The van der Waals surface area contributed by atoms with Gasteiger partial charge >= 0.3 is 0 Å². The molecule has 0 radical (unpaired) electrons. The summed E-state index contributed by atoms with van der Waals surface area (Å²) in [5.74, 6) is -0.949. The number of nitrogens with two attached hydrogens (primary N) is 1. The maximum absolute atomic E-state index is 10.6. The number of ketones is 1. The maximum Gasteiger partial charge on any atom is 0.189 e. The lowest BCUT2D eigenvalue weighted by atomic mass is 10.1. The van der Waals surface area contributed by atoms with E-state index < -0.39 is 30.7 Å². The molecule has 0 amide bonds. The molecular formula is C6H13NO5. The van der Waals surface area contributed by atoms with Gasteiger partial charge in [-0.05, 0) is 0 Å². The number of aliphatic hydroxyl groups is 4. The van der Waals surface area contributed by atoms with E-state index in [0.29, 0.717) is 0 Å². The number of hydrogen-bond acceptors (Lipinski definition) is 6. The molecule has 0 rings (SSSR count). The molecule has 0 saturated carbocycles. The minimum absolute atomic E-state index is 0.267. The predicted octanol–water partition coefficient (Wildman–Crippen LogP) is -3.41.